The van der Waals surface area contributed by atoms with Crippen molar-refractivity contribution >= 4 is 65.2 Å². The summed E-state index contributed by atoms with van der Waals surface area (Å²) in [6.45, 7) is 4.79. The maximum atomic E-state index is 13.8. The second kappa shape index (κ2) is 16.5. The van der Waals surface area contributed by atoms with Gasteiger partial charge in [-0.05, 0) is 99.2 Å². The second-order valence-corrected chi connectivity index (χ2v) is 18.1. The number of methoxy groups -OCH3 is 2. The van der Waals surface area contributed by atoms with Crippen molar-refractivity contribution in [2.24, 2.45) is 5.41 Å². The lowest BCUT2D eigenvalue weighted by molar-refractivity contribution is -0.168. The Bertz CT molecular complexity index is 2630. The molecule has 0 aromatic heterocycles. The Morgan fingerprint density at radius 2 is 1.10 bits per heavy atom. The van der Waals surface area contributed by atoms with Gasteiger partial charge in [-0.15, -0.1) is 0 Å². The first-order valence-corrected chi connectivity index (χ1v) is 22.0. The molecule has 298 valence electrons. The predicted octanol–water partition coefficient (Wildman–Crippen LogP) is 8.94. The van der Waals surface area contributed by atoms with E-state index in [1.54, 1.807) is 0 Å². The van der Waals surface area contributed by atoms with Crippen molar-refractivity contribution in [2.45, 2.75) is 46.1 Å². The van der Waals surface area contributed by atoms with Crippen molar-refractivity contribution in [3.8, 4) is 0 Å². The number of hydrogen-bond acceptors (Lipinski definition) is 6. The van der Waals surface area contributed by atoms with Crippen LogP contribution < -0.4 is 25.5 Å². The van der Waals surface area contributed by atoms with Gasteiger partial charge in [0.05, 0.1) is 14.2 Å². The maximum absolute atomic E-state index is 13.8. The first-order chi connectivity index (χ1) is 29.3. The lowest BCUT2D eigenvalue weighted by atomic mass is 9.58. The lowest BCUT2D eigenvalue weighted by Crippen LogP contribution is -2.63. The van der Waals surface area contributed by atoms with Gasteiger partial charge in [0.2, 0.25) is 0 Å². The van der Waals surface area contributed by atoms with Crippen LogP contribution in [0.15, 0.2) is 158 Å². The monoisotopic (exact) mass is 806 g/mol. The molecule has 0 unspecified atom stereocenters. The topological polar surface area (TPSA) is 59.1 Å². The SMILES string of the molecule is COC(=O)C1(C(=O)OC)Cc2c(C)c(CCc3ccccc3)c(B3N(Cc4ccccc4)c4cccc5cccc(c45)N3P(c3ccccc3)c3ccccc3)c(C)c2C1. The zero-order chi connectivity index (χ0) is 41.4. The fraction of sp³-hybridized carbons (Fsp3) is 0.192. The van der Waals surface area contributed by atoms with E-state index in [1.807, 2.05) is 0 Å². The molecule has 0 saturated carbocycles. The smallest absolute Gasteiger partial charge is 0.416 e. The van der Waals surface area contributed by atoms with Gasteiger partial charge in [0.25, 0.3) is 0 Å². The van der Waals surface area contributed by atoms with Gasteiger partial charge in [-0.25, -0.2) is 0 Å². The molecule has 0 spiro atoms. The molecule has 0 bridgehead atoms. The van der Waals surface area contributed by atoms with Crippen LogP contribution in [0.25, 0.3) is 10.8 Å². The minimum atomic E-state index is -1.47. The van der Waals surface area contributed by atoms with E-state index in [-0.39, 0.29) is 19.8 Å². The molecular formula is C52H48BN2O4P. The first kappa shape index (κ1) is 39.3. The number of ether oxygens (including phenoxy) is 2. The van der Waals surface area contributed by atoms with Crippen molar-refractivity contribution in [1.82, 2.24) is 0 Å². The summed E-state index contributed by atoms with van der Waals surface area (Å²) in [6.07, 6.45) is 2.05. The number of esters is 2. The number of benzene rings is 7. The van der Waals surface area contributed by atoms with Crippen LogP contribution in [0, 0.1) is 19.3 Å². The summed E-state index contributed by atoms with van der Waals surface area (Å²) in [6, 6.07) is 56.7. The number of aryl methyl sites for hydroxylation is 1. The zero-order valence-corrected chi connectivity index (χ0v) is 35.5. The third kappa shape index (κ3) is 6.75. The summed E-state index contributed by atoms with van der Waals surface area (Å²) in [7, 11) is 1.55. The number of anilines is 2. The van der Waals surface area contributed by atoms with Gasteiger partial charge in [0.1, 0.15) is 0 Å². The summed E-state index contributed by atoms with van der Waals surface area (Å²) < 4.78 is 13.5. The van der Waals surface area contributed by atoms with Gasteiger partial charge in [-0.1, -0.05) is 146 Å². The molecule has 60 heavy (non-hydrogen) atoms. The van der Waals surface area contributed by atoms with Crippen LogP contribution in [0.2, 0.25) is 0 Å². The van der Waals surface area contributed by atoms with Crippen molar-refractivity contribution in [3.63, 3.8) is 0 Å². The molecule has 8 heteroatoms. The molecular weight excluding hydrogens is 758 g/mol. The lowest BCUT2D eigenvalue weighted by Gasteiger charge is -2.49. The third-order valence-corrected chi connectivity index (χ3v) is 15.1. The van der Waals surface area contributed by atoms with Crippen LogP contribution in [-0.4, -0.2) is 33.1 Å². The maximum Gasteiger partial charge on any atom is 0.416 e. The van der Waals surface area contributed by atoms with E-state index in [4.69, 9.17) is 9.47 Å². The Kier molecular flexibility index (Phi) is 10.8. The highest BCUT2D eigenvalue weighted by atomic mass is 31.1. The number of rotatable bonds is 11. The number of hydrogen-bond donors (Lipinski definition) is 0. The highest BCUT2D eigenvalue weighted by Crippen LogP contribution is 2.52. The van der Waals surface area contributed by atoms with Crippen LogP contribution in [0.1, 0.15) is 38.9 Å². The van der Waals surface area contributed by atoms with Gasteiger partial charge in [0, 0.05) is 44.2 Å². The standard InChI is InChI=1S/C52H48BN2O4P/c1-36-43(32-31-38-19-9-5-10-20-38)49(37(2)45-34-52(33-44(36)45,50(56)58-3)51(57)59-4)53-54(35-39-21-11-6-12-22-39)46-29-17-23-40-24-18-30-47(48(40)46)55(53)60(41-25-13-7-14-26-41)42-27-15-8-16-28-42/h5-30H,31-35H2,1-4H3. The summed E-state index contributed by atoms with van der Waals surface area (Å²) in [5.74, 6) is -1.11. The summed E-state index contributed by atoms with van der Waals surface area (Å²) in [4.78, 5) is 30.3. The molecule has 0 amide bonds. The number of carbonyl (C=O) groups is 2. The van der Waals surface area contributed by atoms with Crippen molar-refractivity contribution < 1.29 is 19.1 Å². The fourth-order valence-corrected chi connectivity index (χ4v) is 12.4. The molecule has 0 saturated heterocycles. The largest absolute Gasteiger partial charge is 0.468 e. The van der Waals surface area contributed by atoms with E-state index < -0.39 is 25.4 Å². The quantitative estimate of drug-likeness (QED) is 0.0564. The summed E-state index contributed by atoms with van der Waals surface area (Å²) in [5, 5.41) is 4.91. The minimum absolute atomic E-state index is 0.212. The van der Waals surface area contributed by atoms with Gasteiger partial charge in [-0.3, -0.25) is 9.59 Å². The normalized spacial score (nSPS) is 14.1. The Labute approximate surface area is 354 Å². The van der Waals surface area contributed by atoms with Gasteiger partial charge < -0.3 is 18.9 Å². The fourth-order valence-electron chi connectivity index (χ4n) is 9.83. The molecule has 0 atom stereocenters. The van der Waals surface area contributed by atoms with Crippen LogP contribution in [-0.2, 0) is 51.3 Å². The average molecular weight is 807 g/mol. The molecule has 1 heterocycles. The van der Waals surface area contributed by atoms with Crippen LogP contribution in [0.5, 0.6) is 0 Å². The van der Waals surface area contributed by atoms with E-state index in [2.05, 4.69) is 181 Å². The number of carbonyl (C=O) groups excluding carboxylic acids is 2. The Morgan fingerprint density at radius 1 is 0.600 bits per heavy atom. The van der Waals surface area contributed by atoms with Crippen LogP contribution >= 0.6 is 8.07 Å². The van der Waals surface area contributed by atoms with Crippen molar-refractivity contribution in [2.75, 3.05) is 23.6 Å². The minimum Gasteiger partial charge on any atom is -0.468 e. The molecule has 0 radical (unpaired) electrons. The van der Waals surface area contributed by atoms with E-state index in [1.165, 1.54) is 69.1 Å². The third-order valence-electron chi connectivity index (χ3n) is 12.7. The Hall–Kier alpha value is -6.17. The molecule has 9 rings (SSSR count). The molecule has 6 nitrogen and oxygen atoms in total. The van der Waals surface area contributed by atoms with E-state index in [0.717, 1.165) is 35.1 Å². The highest BCUT2D eigenvalue weighted by Gasteiger charge is 2.55. The molecule has 1 aliphatic heterocycles. The molecule has 2 aliphatic rings. The predicted molar refractivity (Wildman–Crippen MR) is 247 cm³/mol. The molecule has 0 fully saturated rings. The Balaban J connectivity index is 1.38. The van der Waals surface area contributed by atoms with Crippen molar-refractivity contribution in [3.05, 3.63) is 197 Å². The number of nitrogens with zero attached hydrogens (tertiary/aromatic N) is 2. The molecule has 7 aromatic carbocycles. The summed E-state index contributed by atoms with van der Waals surface area (Å²) in [5.41, 5.74) is 10.1. The first-order valence-electron chi connectivity index (χ1n) is 20.7. The van der Waals surface area contributed by atoms with E-state index in [9.17, 15) is 9.59 Å². The van der Waals surface area contributed by atoms with E-state index in [0.29, 0.717) is 6.54 Å². The molecule has 1 aliphatic carbocycles. The van der Waals surface area contributed by atoms with Gasteiger partial charge >= 0.3 is 18.9 Å². The second-order valence-electron chi connectivity index (χ2n) is 16.0. The Morgan fingerprint density at radius 3 is 1.65 bits per heavy atom. The molecule has 7 aromatic rings. The highest BCUT2D eigenvalue weighted by molar-refractivity contribution is 7.76. The average Bonchev–Trinajstić information content (AvgIpc) is 3.73. The zero-order valence-electron chi connectivity index (χ0n) is 34.6. The number of fused-ring (bicyclic) bond motifs is 1. The van der Waals surface area contributed by atoms with Crippen LogP contribution in [0.4, 0.5) is 11.4 Å². The van der Waals surface area contributed by atoms with Gasteiger partial charge in [-0.2, -0.15) is 0 Å². The van der Waals surface area contributed by atoms with Crippen LogP contribution in [0.3, 0.4) is 0 Å². The molecule has 0 N–H and O–H groups in total. The summed E-state index contributed by atoms with van der Waals surface area (Å²) >= 11 is 0. The van der Waals surface area contributed by atoms with Crippen molar-refractivity contribution in [1.29, 1.82) is 0 Å². The van der Waals surface area contributed by atoms with Gasteiger partial charge in [0.15, 0.2) is 5.41 Å². The van der Waals surface area contributed by atoms with E-state index >= 15 is 0 Å².